The van der Waals surface area contributed by atoms with Crippen LogP contribution >= 0.6 is 0 Å². The Morgan fingerprint density at radius 1 is 1.33 bits per heavy atom. The fourth-order valence-electron chi connectivity index (χ4n) is 1.68. The van der Waals surface area contributed by atoms with E-state index >= 15 is 0 Å². The highest BCUT2D eigenvalue weighted by molar-refractivity contribution is 4.90. The van der Waals surface area contributed by atoms with Crippen LogP contribution in [0.15, 0.2) is 4.42 Å². The van der Waals surface area contributed by atoms with Crippen molar-refractivity contribution in [3.05, 3.63) is 11.8 Å². The molecule has 5 nitrogen and oxygen atoms in total. The molecule has 2 unspecified atom stereocenters. The van der Waals surface area contributed by atoms with Crippen molar-refractivity contribution in [3.8, 4) is 0 Å². The van der Waals surface area contributed by atoms with Gasteiger partial charge in [0.15, 0.2) is 0 Å². The Morgan fingerprint density at radius 2 is 2.11 bits per heavy atom. The Hall–Kier alpha value is -0.940. The van der Waals surface area contributed by atoms with Crippen molar-refractivity contribution in [2.75, 3.05) is 13.7 Å². The molecule has 18 heavy (non-hydrogen) atoms. The number of aromatic nitrogens is 2. The molecule has 1 rings (SSSR count). The van der Waals surface area contributed by atoms with E-state index in [9.17, 15) is 0 Å². The van der Waals surface area contributed by atoms with E-state index in [0.717, 1.165) is 32.2 Å². The number of hydrogen-bond acceptors (Lipinski definition) is 5. The molecule has 0 aromatic carbocycles. The molecular formula is C13H25N3O2. The Bertz CT molecular complexity index is 328. The van der Waals surface area contributed by atoms with Gasteiger partial charge in [-0.25, -0.2) is 0 Å². The van der Waals surface area contributed by atoms with Crippen LogP contribution in [0.25, 0.3) is 0 Å². The Labute approximate surface area is 109 Å². The first-order valence-corrected chi connectivity index (χ1v) is 6.79. The van der Waals surface area contributed by atoms with Gasteiger partial charge in [0.25, 0.3) is 0 Å². The SMILES string of the molecule is CCCNC(CC)c1nnc(CCC(C)OC)o1. The summed E-state index contributed by atoms with van der Waals surface area (Å²) in [5.74, 6) is 1.40. The third kappa shape index (κ3) is 4.74. The van der Waals surface area contributed by atoms with Crippen LogP contribution in [-0.2, 0) is 11.2 Å². The van der Waals surface area contributed by atoms with Gasteiger partial charge in [0.2, 0.25) is 11.8 Å². The average Bonchev–Trinajstić information content (AvgIpc) is 2.85. The second-order valence-corrected chi connectivity index (χ2v) is 4.53. The molecule has 104 valence electrons. The molecule has 0 saturated heterocycles. The van der Waals surface area contributed by atoms with Gasteiger partial charge in [-0.3, -0.25) is 0 Å². The van der Waals surface area contributed by atoms with E-state index in [1.54, 1.807) is 7.11 Å². The summed E-state index contributed by atoms with van der Waals surface area (Å²) >= 11 is 0. The van der Waals surface area contributed by atoms with E-state index in [1.807, 2.05) is 6.92 Å². The van der Waals surface area contributed by atoms with Gasteiger partial charge >= 0.3 is 0 Å². The molecular weight excluding hydrogens is 230 g/mol. The molecule has 0 fully saturated rings. The van der Waals surface area contributed by atoms with E-state index in [1.165, 1.54) is 0 Å². The number of ether oxygens (including phenoxy) is 1. The Kier molecular flexibility index (Phi) is 6.90. The number of nitrogens with one attached hydrogen (secondary N) is 1. The summed E-state index contributed by atoms with van der Waals surface area (Å²) in [6.45, 7) is 7.27. The molecule has 1 N–H and O–H groups in total. The van der Waals surface area contributed by atoms with E-state index in [-0.39, 0.29) is 12.1 Å². The highest BCUT2D eigenvalue weighted by Crippen LogP contribution is 2.16. The van der Waals surface area contributed by atoms with Crippen LogP contribution in [0.5, 0.6) is 0 Å². The summed E-state index contributed by atoms with van der Waals surface area (Å²) < 4.78 is 10.9. The molecule has 1 aromatic rings. The Morgan fingerprint density at radius 3 is 2.72 bits per heavy atom. The van der Waals surface area contributed by atoms with Gasteiger partial charge in [-0.2, -0.15) is 0 Å². The quantitative estimate of drug-likeness (QED) is 0.734. The van der Waals surface area contributed by atoms with Crippen LogP contribution in [-0.4, -0.2) is 30.0 Å². The predicted molar refractivity (Wildman–Crippen MR) is 70.4 cm³/mol. The molecule has 0 aliphatic rings. The van der Waals surface area contributed by atoms with Crippen LogP contribution in [0.3, 0.4) is 0 Å². The maximum absolute atomic E-state index is 5.69. The first-order valence-electron chi connectivity index (χ1n) is 6.79. The maximum Gasteiger partial charge on any atom is 0.233 e. The van der Waals surface area contributed by atoms with Crippen LogP contribution in [0, 0.1) is 0 Å². The van der Waals surface area contributed by atoms with Crippen LogP contribution in [0.2, 0.25) is 0 Å². The topological polar surface area (TPSA) is 60.2 Å². The standard InChI is InChI=1S/C13H25N3O2/c1-5-9-14-11(6-2)13-16-15-12(18-13)8-7-10(3)17-4/h10-11,14H,5-9H2,1-4H3. The van der Waals surface area contributed by atoms with Crippen LogP contribution in [0.1, 0.15) is 57.9 Å². The summed E-state index contributed by atoms with van der Waals surface area (Å²) in [5, 5.41) is 11.6. The molecule has 0 saturated carbocycles. The number of methoxy groups -OCH3 is 1. The normalized spacial score (nSPS) is 14.7. The van der Waals surface area contributed by atoms with Gasteiger partial charge in [-0.05, 0) is 32.7 Å². The van der Waals surface area contributed by atoms with Crippen molar-refractivity contribution >= 4 is 0 Å². The van der Waals surface area contributed by atoms with Crippen LogP contribution < -0.4 is 5.32 Å². The second-order valence-electron chi connectivity index (χ2n) is 4.53. The third-order valence-electron chi connectivity index (χ3n) is 3.00. The highest BCUT2D eigenvalue weighted by atomic mass is 16.5. The second kappa shape index (κ2) is 8.21. The lowest BCUT2D eigenvalue weighted by molar-refractivity contribution is 0.109. The molecule has 0 amide bonds. The number of rotatable bonds is 9. The number of aryl methyl sites for hydroxylation is 1. The van der Waals surface area contributed by atoms with E-state index in [2.05, 4.69) is 29.4 Å². The van der Waals surface area contributed by atoms with Crippen molar-refractivity contribution in [2.45, 2.75) is 58.6 Å². The number of hydrogen-bond donors (Lipinski definition) is 1. The lowest BCUT2D eigenvalue weighted by atomic mass is 10.2. The molecule has 1 heterocycles. The summed E-state index contributed by atoms with van der Waals surface area (Å²) in [6.07, 6.45) is 3.95. The first kappa shape index (κ1) is 15.1. The van der Waals surface area contributed by atoms with Gasteiger partial charge in [0.05, 0.1) is 12.1 Å². The molecule has 1 aromatic heterocycles. The molecule has 0 radical (unpaired) electrons. The third-order valence-corrected chi connectivity index (χ3v) is 3.00. The summed E-state index contributed by atoms with van der Waals surface area (Å²) in [4.78, 5) is 0. The molecule has 0 spiro atoms. The first-order chi connectivity index (χ1) is 8.71. The van der Waals surface area contributed by atoms with Crippen molar-refractivity contribution < 1.29 is 9.15 Å². The van der Waals surface area contributed by atoms with Crippen molar-refractivity contribution in [2.24, 2.45) is 0 Å². The highest BCUT2D eigenvalue weighted by Gasteiger charge is 2.16. The summed E-state index contributed by atoms with van der Waals surface area (Å²) in [6, 6.07) is 0.172. The smallest absolute Gasteiger partial charge is 0.233 e. The van der Waals surface area contributed by atoms with Gasteiger partial charge in [-0.1, -0.05) is 13.8 Å². The van der Waals surface area contributed by atoms with Gasteiger partial charge in [0, 0.05) is 13.5 Å². The van der Waals surface area contributed by atoms with Crippen LogP contribution in [0.4, 0.5) is 0 Å². The van der Waals surface area contributed by atoms with Crippen molar-refractivity contribution in [3.63, 3.8) is 0 Å². The number of nitrogens with zero attached hydrogens (tertiary/aromatic N) is 2. The zero-order chi connectivity index (χ0) is 13.4. The minimum absolute atomic E-state index is 0.172. The lowest BCUT2D eigenvalue weighted by Crippen LogP contribution is -2.21. The molecule has 0 aliphatic heterocycles. The summed E-state index contributed by atoms with van der Waals surface area (Å²) in [5.41, 5.74) is 0. The predicted octanol–water partition coefficient (Wildman–Crippen LogP) is 2.49. The molecule has 5 heteroatoms. The van der Waals surface area contributed by atoms with Gasteiger partial charge in [0.1, 0.15) is 0 Å². The fourth-order valence-corrected chi connectivity index (χ4v) is 1.68. The zero-order valence-corrected chi connectivity index (χ0v) is 11.9. The van der Waals surface area contributed by atoms with Crippen molar-refractivity contribution in [1.29, 1.82) is 0 Å². The van der Waals surface area contributed by atoms with E-state index in [4.69, 9.17) is 9.15 Å². The Balaban J connectivity index is 2.50. The zero-order valence-electron chi connectivity index (χ0n) is 11.9. The van der Waals surface area contributed by atoms with E-state index < -0.39 is 0 Å². The lowest BCUT2D eigenvalue weighted by Gasteiger charge is -2.11. The minimum Gasteiger partial charge on any atom is -0.424 e. The minimum atomic E-state index is 0.172. The monoisotopic (exact) mass is 255 g/mol. The molecule has 2 atom stereocenters. The maximum atomic E-state index is 5.69. The van der Waals surface area contributed by atoms with Gasteiger partial charge < -0.3 is 14.5 Å². The molecule has 0 bridgehead atoms. The molecule has 0 aliphatic carbocycles. The average molecular weight is 255 g/mol. The van der Waals surface area contributed by atoms with Crippen molar-refractivity contribution in [1.82, 2.24) is 15.5 Å². The fraction of sp³-hybridized carbons (Fsp3) is 0.846. The largest absolute Gasteiger partial charge is 0.424 e. The van der Waals surface area contributed by atoms with Gasteiger partial charge in [-0.15, -0.1) is 10.2 Å². The summed E-state index contributed by atoms with van der Waals surface area (Å²) in [7, 11) is 1.71. The van der Waals surface area contributed by atoms with E-state index in [0.29, 0.717) is 11.8 Å².